The van der Waals surface area contributed by atoms with Gasteiger partial charge in [-0.05, 0) is 18.8 Å². The van der Waals surface area contributed by atoms with Gasteiger partial charge >= 0.3 is 6.18 Å². The predicted molar refractivity (Wildman–Crippen MR) is 63.8 cm³/mol. The first-order chi connectivity index (χ1) is 9.31. The number of nitrogens with two attached hydrogens (primary N) is 1. The van der Waals surface area contributed by atoms with Crippen molar-refractivity contribution in [3.8, 4) is 0 Å². The van der Waals surface area contributed by atoms with E-state index < -0.39 is 28.9 Å². The molecule has 2 heterocycles. The molecule has 8 heteroatoms. The number of fused-ring (bicyclic) bond motifs is 1. The molecule has 1 aliphatic carbocycles. The van der Waals surface area contributed by atoms with Crippen LogP contribution >= 0.6 is 0 Å². The summed E-state index contributed by atoms with van der Waals surface area (Å²) < 4.78 is 38.3. The highest BCUT2D eigenvalue weighted by Crippen LogP contribution is 2.40. The minimum atomic E-state index is -4.59. The third-order valence-electron chi connectivity index (χ3n) is 4.38. The van der Waals surface area contributed by atoms with E-state index in [1.54, 1.807) is 0 Å². The summed E-state index contributed by atoms with van der Waals surface area (Å²) in [6.07, 6.45) is -1.19. The zero-order chi connectivity index (χ0) is 14.5. The molecule has 3 N–H and O–H groups in total. The molecule has 0 radical (unpaired) electrons. The third kappa shape index (κ3) is 1.98. The van der Waals surface area contributed by atoms with Crippen LogP contribution in [0.5, 0.6) is 0 Å². The smallest absolute Gasteiger partial charge is 0.335 e. The van der Waals surface area contributed by atoms with Crippen LogP contribution in [0.25, 0.3) is 0 Å². The first-order valence-corrected chi connectivity index (χ1v) is 6.50. The summed E-state index contributed by atoms with van der Waals surface area (Å²) in [6.45, 7) is 0.735. The first-order valence-electron chi connectivity index (χ1n) is 6.50. The van der Waals surface area contributed by atoms with E-state index in [2.05, 4.69) is 10.2 Å². The number of H-pyrrole nitrogens is 1. The molecular weight excluding hydrogens is 273 g/mol. The second-order valence-electron chi connectivity index (χ2n) is 5.66. The lowest BCUT2D eigenvalue weighted by Gasteiger charge is -2.23. The Bertz CT molecular complexity index is 541. The number of likely N-dealkylation sites (tertiary alicyclic amines) is 1. The quantitative estimate of drug-likeness (QED) is 0.820. The number of nitrogens with one attached hydrogen (secondary N) is 1. The van der Waals surface area contributed by atoms with Crippen LogP contribution in [0.1, 0.15) is 35.3 Å². The number of hydrogen-bond acceptors (Lipinski definition) is 3. The fourth-order valence-electron chi connectivity index (χ4n) is 3.31. The van der Waals surface area contributed by atoms with Crippen LogP contribution in [-0.4, -0.2) is 39.6 Å². The van der Waals surface area contributed by atoms with Crippen molar-refractivity contribution < 1.29 is 18.0 Å². The van der Waals surface area contributed by atoms with E-state index in [1.807, 2.05) is 0 Å². The maximum absolute atomic E-state index is 12.8. The zero-order valence-electron chi connectivity index (χ0n) is 10.7. The molecule has 1 saturated heterocycles. The molecule has 3 rings (SSSR count). The number of carbonyl (C=O) groups is 1. The molecule has 0 aromatic carbocycles. The van der Waals surface area contributed by atoms with Crippen molar-refractivity contribution in [1.82, 2.24) is 15.1 Å². The molecule has 20 heavy (non-hydrogen) atoms. The summed E-state index contributed by atoms with van der Waals surface area (Å²) in [5, 5.41) is 5.51. The minimum Gasteiger partial charge on any atom is -0.335 e. The predicted octanol–water partition coefficient (Wildman–Crippen LogP) is 1.38. The Morgan fingerprint density at radius 3 is 2.95 bits per heavy atom. The molecule has 1 saturated carbocycles. The Hall–Kier alpha value is -1.57. The number of aromatic nitrogens is 2. The van der Waals surface area contributed by atoms with Crippen molar-refractivity contribution in [1.29, 1.82) is 0 Å². The number of hydrogen-bond donors (Lipinski definition) is 2. The van der Waals surface area contributed by atoms with Crippen LogP contribution in [-0.2, 0) is 6.18 Å². The Kier molecular flexibility index (Phi) is 2.82. The molecule has 2 fully saturated rings. The molecule has 5 nitrogen and oxygen atoms in total. The molecule has 1 aromatic rings. The Labute approximate surface area is 113 Å². The van der Waals surface area contributed by atoms with E-state index in [4.69, 9.17) is 5.73 Å². The van der Waals surface area contributed by atoms with Crippen molar-refractivity contribution in [2.75, 3.05) is 13.1 Å². The van der Waals surface area contributed by atoms with Gasteiger partial charge in [0.05, 0.1) is 6.20 Å². The van der Waals surface area contributed by atoms with Gasteiger partial charge in [0, 0.05) is 18.6 Å². The number of carbonyl (C=O) groups excluding carboxylic acids is 1. The molecule has 2 unspecified atom stereocenters. The molecule has 1 aromatic heterocycles. The molecule has 2 aliphatic rings. The van der Waals surface area contributed by atoms with Gasteiger partial charge in [0.15, 0.2) is 0 Å². The molecule has 1 amide bonds. The summed E-state index contributed by atoms with van der Waals surface area (Å²) >= 11 is 0. The molecule has 1 aliphatic heterocycles. The van der Waals surface area contributed by atoms with Gasteiger partial charge in [-0.2, -0.15) is 18.3 Å². The van der Waals surface area contributed by atoms with Crippen molar-refractivity contribution in [3.05, 3.63) is 17.5 Å². The van der Waals surface area contributed by atoms with Gasteiger partial charge in [-0.15, -0.1) is 0 Å². The van der Waals surface area contributed by atoms with Gasteiger partial charge in [0.1, 0.15) is 11.3 Å². The fraction of sp³-hybridized carbons (Fsp3) is 0.667. The van der Waals surface area contributed by atoms with Crippen LogP contribution in [0.4, 0.5) is 13.2 Å². The second-order valence-corrected chi connectivity index (χ2v) is 5.66. The topological polar surface area (TPSA) is 75.0 Å². The third-order valence-corrected chi connectivity index (χ3v) is 4.38. The van der Waals surface area contributed by atoms with Gasteiger partial charge in [-0.1, -0.05) is 6.42 Å². The average Bonchev–Trinajstić information content (AvgIpc) is 2.98. The van der Waals surface area contributed by atoms with Crippen molar-refractivity contribution in [2.24, 2.45) is 11.7 Å². The number of halogens is 3. The van der Waals surface area contributed by atoms with Crippen molar-refractivity contribution in [3.63, 3.8) is 0 Å². The highest BCUT2D eigenvalue weighted by Gasteiger charge is 2.49. The number of alkyl halides is 3. The van der Waals surface area contributed by atoms with Gasteiger partial charge < -0.3 is 10.6 Å². The van der Waals surface area contributed by atoms with E-state index in [-0.39, 0.29) is 5.92 Å². The van der Waals surface area contributed by atoms with Gasteiger partial charge in [-0.3, -0.25) is 9.89 Å². The molecular formula is C12H15F3N4O. The Morgan fingerprint density at radius 2 is 2.30 bits per heavy atom. The summed E-state index contributed by atoms with van der Waals surface area (Å²) in [7, 11) is 0. The van der Waals surface area contributed by atoms with Crippen LogP contribution in [0.2, 0.25) is 0 Å². The lowest BCUT2D eigenvalue weighted by atomic mass is 9.92. The summed E-state index contributed by atoms with van der Waals surface area (Å²) in [6, 6.07) is 0. The number of nitrogens with zero attached hydrogens (tertiary/aromatic N) is 2. The SMILES string of the molecule is NC12CCCC1CN(C(=O)c1[nH]ncc1C(F)(F)F)C2. The lowest BCUT2D eigenvalue weighted by molar-refractivity contribution is -0.138. The summed E-state index contributed by atoms with van der Waals surface area (Å²) in [5.74, 6) is -0.488. The normalized spacial score (nSPS) is 29.8. The van der Waals surface area contributed by atoms with E-state index in [0.29, 0.717) is 19.3 Å². The standard InChI is InChI=1S/C12H15F3N4O/c13-12(14,15)8-4-17-18-9(8)10(20)19-5-7-2-1-3-11(7,16)6-19/h4,7H,1-3,5-6,16H2,(H,17,18). The first kappa shape index (κ1) is 13.4. The highest BCUT2D eigenvalue weighted by molar-refractivity contribution is 5.94. The monoisotopic (exact) mass is 288 g/mol. The zero-order valence-corrected chi connectivity index (χ0v) is 10.7. The van der Waals surface area contributed by atoms with E-state index in [1.165, 1.54) is 4.90 Å². The van der Waals surface area contributed by atoms with Crippen molar-refractivity contribution >= 4 is 5.91 Å². The Morgan fingerprint density at radius 1 is 1.55 bits per heavy atom. The van der Waals surface area contributed by atoms with E-state index in [0.717, 1.165) is 19.3 Å². The maximum Gasteiger partial charge on any atom is 0.420 e. The Balaban J connectivity index is 1.83. The van der Waals surface area contributed by atoms with E-state index >= 15 is 0 Å². The molecule has 0 bridgehead atoms. The van der Waals surface area contributed by atoms with Crippen LogP contribution < -0.4 is 5.73 Å². The van der Waals surface area contributed by atoms with Gasteiger partial charge in [0.25, 0.3) is 5.91 Å². The lowest BCUT2D eigenvalue weighted by Crippen LogP contribution is -2.45. The number of aromatic amines is 1. The number of rotatable bonds is 1. The average molecular weight is 288 g/mol. The van der Waals surface area contributed by atoms with Crippen LogP contribution in [0.3, 0.4) is 0 Å². The van der Waals surface area contributed by atoms with Crippen LogP contribution in [0, 0.1) is 5.92 Å². The fourth-order valence-corrected chi connectivity index (χ4v) is 3.31. The minimum absolute atomic E-state index is 0.184. The van der Waals surface area contributed by atoms with Gasteiger partial charge in [0.2, 0.25) is 0 Å². The largest absolute Gasteiger partial charge is 0.420 e. The molecule has 110 valence electrons. The summed E-state index contributed by atoms with van der Waals surface area (Å²) in [4.78, 5) is 13.7. The van der Waals surface area contributed by atoms with E-state index in [9.17, 15) is 18.0 Å². The second kappa shape index (κ2) is 4.21. The number of amides is 1. The molecule has 0 spiro atoms. The maximum atomic E-state index is 12.8. The molecule has 2 atom stereocenters. The van der Waals surface area contributed by atoms with Crippen molar-refractivity contribution in [2.45, 2.75) is 31.0 Å². The van der Waals surface area contributed by atoms with Crippen LogP contribution in [0.15, 0.2) is 6.20 Å². The van der Waals surface area contributed by atoms with Gasteiger partial charge in [-0.25, -0.2) is 0 Å². The highest BCUT2D eigenvalue weighted by atomic mass is 19.4. The summed E-state index contributed by atoms with van der Waals surface area (Å²) in [5.41, 5.74) is 4.27.